The van der Waals surface area contributed by atoms with Gasteiger partial charge < -0.3 is 10.2 Å². The number of nitriles is 1. The molecule has 1 saturated heterocycles. The van der Waals surface area contributed by atoms with E-state index in [2.05, 4.69) is 18.3 Å². The van der Waals surface area contributed by atoms with Gasteiger partial charge in [-0.25, -0.2) is 0 Å². The fourth-order valence-electron chi connectivity index (χ4n) is 2.24. The summed E-state index contributed by atoms with van der Waals surface area (Å²) < 4.78 is 0. The van der Waals surface area contributed by atoms with Gasteiger partial charge in [0, 0.05) is 18.8 Å². The smallest absolute Gasteiger partial charge is 0.246 e. The number of amides is 1. The van der Waals surface area contributed by atoms with E-state index in [1.165, 1.54) is 0 Å². The summed E-state index contributed by atoms with van der Waals surface area (Å²) in [7, 11) is 0. The summed E-state index contributed by atoms with van der Waals surface area (Å²) in [4.78, 5) is 14.4. The molecule has 1 unspecified atom stereocenters. The molecular formula is C15H19N3O. The lowest BCUT2D eigenvalue weighted by Gasteiger charge is -2.29. The van der Waals surface area contributed by atoms with Gasteiger partial charge in [0.15, 0.2) is 0 Å². The number of nitrogens with zero attached hydrogens (tertiary/aromatic N) is 2. The minimum Gasteiger partial charge on any atom is -0.311 e. The molecule has 100 valence electrons. The molecule has 1 fully saturated rings. The second kappa shape index (κ2) is 5.02. The van der Waals surface area contributed by atoms with Gasteiger partial charge in [-0.2, -0.15) is 5.26 Å². The van der Waals surface area contributed by atoms with Crippen molar-refractivity contribution in [3.05, 3.63) is 29.8 Å². The molecule has 19 heavy (non-hydrogen) atoms. The van der Waals surface area contributed by atoms with Gasteiger partial charge in [0.25, 0.3) is 0 Å². The number of hydrogen-bond acceptors (Lipinski definition) is 3. The highest BCUT2D eigenvalue weighted by Crippen LogP contribution is 2.23. The van der Waals surface area contributed by atoms with Gasteiger partial charge in [0.1, 0.15) is 0 Å². The third kappa shape index (κ3) is 2.77. The molecule has 1 N–H and O–H groups in total. The van der Waals surface area contributed by atoms with Crippen molar-refractivity contribution in [2.24, 2.45) is 5.92 Å². The molecule has 2 rings (SSSR count). The number of carbonyl (C=O) groups is 1. The lowest BCUT2D eigenvalue weighted by molar-refractivity contribution is -0.123. The summed E-state index contributed by atoms with van der Waals surface area (Å²) >= 11 is 0. The van der Waals surface area contributed by atoms with Crippen LogP contribution in [0.25, 0.3) is 0 Å². The van der Waals surface area contributed by atoms with Gasteiger partial charge in [0.05, 0.1) is 17.2 Å². The lowest BCUT2D eigenvalue weighted by Crippen LogP contribution is -2.51. The van der Waals surface area contributed by atoms with Crippen LogP contribution in [0.2, 0.25) is 0 Å². The number of carbonyl (C=O) groups excluding carboxylic acids is 1. The standard InChI is InChI=1S/C15H19N3O/c1-11-9-17-15(2,3)14(19)18(10-11)13-6-4-12(8-16)5-7-13/h4-7,11,17H,9-10H2,1-3H3. The number of rotatable bonds is 1. The summed E-state index contributed by atoms with van der Waals surface area (Å²) in [6, 6.07) is 9.26. The highest BCUT2D eigenvalue weighted by molar-refractivity contribution is 6.00. The molecule has 1 aliphatic heterocycles. The quantitative estimate of drug-likeness (QED) is 0.836. The number of hydrogen-bond donors (Lipinski definition) is 1. The Hall–Kier alpha value is -1.86. The largest absolute Gasteiger partial charge is 0.311 e. The summed E-state index contributed by atoms with van der Waals surface area (Å²) in [5.74, 6) is 0.461. The van der Waals surface area contributed by atoms with Crippen LogP contribution in [-0.4, -0.2) is 24.5 Å². The normalized spacial score (nSPS) is 22.7. The van der Waals surface area contributed by atoms with Crippen LogP contribution in [0.5, 0.6) is 0 Å². The van der Waals surface area contributed by atoms with Crippen molar-refractivity contribution in [3.8, 4) is 6.07 Å². The maximum Gasteiger partial charge on any atom is 0.246 e. The molecule has 1 heterocycles. The highest BCUT2D eigenvalue weighted by atomic mass is 16.2. The molecule has 0 spiro atoms. The van der Waals surface area contributed by atoms with Crippen molar-refractivity contribution < 1.29 is 4.79 Å². The van der Waals surface area contributed by atoms with Crippen LogP contribution in [0.3, 0.4) is 0 Å². The van der Waals surface area contributed by atoms with E-state index in [4.69, 9.17) is 5.26 Å². The van der Waals surface area contributed by atoms with Crippen LogP contribution in [-0.2, 0) is 4.79 Å². The monoisotopic (exact) mass is 257 g/mol. The van der Waals surface area contributed by atoms with Crippen molar-refractivity contribution in [1.29, 1.82) is 5.26 Å². The van der Waals surface area contributed by atoms with Crippen molar-refractivity contribution in [1.82, 2.24) is 5.32 Å². The van der Waals surface area contributed by atoms with Crippen LogP contribution in [0.1, 0.15) is 26.3 Å². The van der Waals surface area contributed by atoms with E-state index in [-0.39, 0.29) is 5.91 Å². The molecule has 0 bridgehead atoms. The van der Waals surface area contributed by atoms with E-state index in [0.29, 0.717) is 18.0 Å². The third-order valence-corrected chi connectivity index (χ3v) is 3.47. The van der Waals surface area contributed by atoms with Gasteiger partial charge in [-0.15, -0.1) is 0 Å². The fourth-order valence-corrected chi connectivity index (χ4v) is 2.24. The molecule has 0 saturated carbocycles. The average molecular weight is 257 g/mol. The molecular weight excluding hydrogens is 238 g/mol. The highest BCUT2D eigenvalue weighted by Gasteiger charge is 2.36. The number of anilines is 1. The van der Waals surface area contributed by atoms with E-state index >= 15 is 0 Å². The Bertz CT molecular complexity index is 513. The van der Waals surface area contributed by atoms with Crippen LogP contribution >= 0.6 is 0 Å². The molecule has 0 aliphatic carbocycles. The van der Waals surface area contributed by atoms with Gasteiger partial charge >= 0.3 is 0 Å². The van der Waals surface area contributed by atoms with E-state index in [9.17, 15) is 4.79 Å². The van der Waals surface area contributed by atoms with Crippen LogP contribution in [0, 0.1) is 17.2 Å². The number of benzene rings is 1. The minimum atomic E-state index is -0.557. The van der Waals surface area contributed by atoms with Crippen LogP contribution < -0.4 is 10.2 Å². The summed E-state index contributed by atoms with van der Waals surface area (Å²) in [6.45, 7) is 7.46. The Labute approximate surface area is 114 Å². The van der Waals surface area contributed by atoms with Gasteiger partial charge in [-0.3, -0.25) is 4.79 Å². The first-order valence-corrected chi connectivity index (χ1v) is 6.51. The molecule has 4 heteroatoms. The Morgan fingerprint density at radius 2 is 2.00 bits per heavy atom. The molecule has 1 aliphatic rings. The molecule has 1 amide bonds. The fraction of sp³-hybridized carbons (Fsp3) is 0.467. The van der Waals surface area contributed by atoms with Crippen molar-refractivity contribution in [2.75, 3.05) is 18.0 Å². The third-order valence-electron chi connectivity index (χ3n) is 3.47. The first kappa shape index (κ1) is 13.6. The van der Waals surface area contributed by atoms with E-state index in [1.807, 2.05) is 30.9 Å². The first-order valence-electron chi connectivity index (χ1n) is 6.51. The Balaban J connectivity index is 2.34. The Kier molecular flexibility index (Phi) is 3.59. The molecule has 1 aromatic carbocycles. The van der Waals surface area contributed by atoms with Crippen molar-refractivity contribution in [2.45, 2.75) is 26.3 Å². The molecule has 1 atom stereocenters. The maximum absolute atomic E-state index is 12.6. The van der Waals surface area contributed by atoms with E-state index in [1.54, 1.807) is 12.1 Å². The SMILES string of the molecule is CC1CNC(C)(C)C(=O)N(c2ccc(C#N)cc2)C1. The maximum atomic E-state index is 12.6. The summed E-state index contributed by atoms with van der Waals surface area (Å²) in [6.07, 6.45) is 0. The van der Waals surface area contributed by atoms with Crippen LogP contribution in [0.15, 0.2) is 24.3 Å². The van der Waals surface area contributed by atoms with Gasteiger partial charge in [-0.1, -0.05) is 6.92 Å². The van der Waals surface area contributed by atoms with Crippen molar-refractivity contribution in [3.63, 3.8) is 0 Å². The van der Waals surface area contributed by atoms with Gasteiger partial charge in [0.2, 0.25) is 5.91 Å². The Morgan fingerprint density at radius 1 is 1.37 bits per heavy atom. The summed E-state index contributed by atoms with van der Waals surface area (Å²) in [5.41, 5.74) is 0.905. The summed E-state index contributed by atoms with van der Waals surface area (Å²) in [5, 5.41) is 12.1. The van der Waals surface area contributed by atoms with E-state index < -0.39 is 5.54 Å². The zero-order valence-electron chi connectivity index (χ0n) is 11.6. The average Bonchev–Trinajstić information content (AvgIpc) is 2.51. The topological polar surface area (TPSA) is 56.1 Å². The zero-order chi connectivity index (χ0) is 14.0. The Morgan fingerprint density at radius 3 is 2.58 bits per heavy atom. The first-order chi connectivity index (χ1) is 8.94. The molecule has 0 radical (unpaired) electrons. The zero-order valence-corrected chi connectivity index (χ0v) is 11.6. The molecule has 0 aromatic heterocycles. The molecule has 4 nitrogen and oxygen atoms in total. The second-order valence-electron chi connectivity index (χ2n) is 5.69. The predicted octanol–water partition coefficient (Wildman–Crippen LogP) is 1.91. The van der Waals surface area contributed by atoms with Crippen LogP contribution in [0.4, 0.5) is 5.69 Å². The van der Waals surface area contributed by atoms with Crippen molar-refractivity contribution >= 4 is 11.6 Å². The predicted molar refractivity (Wildman–Crippen MR) is 74.8 cm³/mol. The molecule has 1 aromatic rings. The number of nitrogens with one attached hydrogen (secondary N) is 1. The second-order valence-corrected chi connectivity index (χ2v) is 5.69. The minimum absolute atomic E-state index is 0.0709. The van der Waals surface area contributed by atoms with Gasteiger partial charge in [-0.05, 0) is 44.0 Å². The lowest BCUT2D eigenvalue weighted by atomic mass is 10.0. The van der Waals surface area contributed by atoms with E-state index in [0.717, 1.165) is 12.2 Å².